The van der Waals surface area contributed by atoms with Crippen LogP contribution in [0.3, 0.4) is 0 Å². The SMILES string of the molecule is O=C(N/N=C/c1cccc(Cl)c1)c1ccn(Cc2ccc(Br)cc2)n1. The average molecular weight is 418 g/mol. The fourth-order valence-corrected chi connectivity index (χ4v) is 2.62. The van der Waals surface area contributed by atoms with E-state index < -0.39 is 0 Å². The molecule has 126 valence electrons. The Morgan fingerprint density at radius 1 is 1.24 bits per heavy atom. The Labute approximate surface area is 158 Å². The van der Waals surface area contributed by atoms with Gasteiger partial charge in [-0.15, -0.1) is 0 Å². The first-order chi connectivity index (χ1) is 12.1. The number of nitrogens with one attached hydrogen (secondary N) is 1. The van der Waals surface area contributed by atoms with Gasteiger partial charge >= 0.3 is 0 Å². The molecule has 7 heteroatoms. The Morgan fingerprint density at radius 3 is 2.80 bits per heavy atom. The molecule has 0 spiro atoms. The highest BCUT2D eigenvalue weighted by Gasteiger charge is 2.08. The molecule has 0 bridgehead atoms. The first-order valence-electron chi connectivity index (χ1n) is 7.47. The molecule has 0 saturated heterocycles. The van der Waals surface area contributed by atoms with Gasteiger partial charge in [-0.3, -0.25) is 9.48 Å². The van der Waals surface area contributed by atoms with E-state index in [0.717, 1.165) is 15.6 Å². The topological polar surface area (TPSA) is 59.3 Å². The summed E-state index contributed by atoms with van der Waals surface area (Å²) in [5, 5.41) is 8.80. The number of amides is 1. The maximum Gasteiger partial charge on any atom is 0.291 e. The molecule has 0 saturated carbocycles. The van der Waals surface area contributed by atoms with Crippen LogP contribution in [-0.2, 0) is 6.54 Å². The second-order valence-corrected chi connectivity index (χ2v) is 6.63. The number of hydrazone groups is 1. The summed E-state index contributed by atoms with van der Waals surface area (Å²) in [5.74, 6) is -0.368. The maximum atomic E-state index is 12.1. The second-order valence-electron chi connectivity index (χ2n) is 5.28. The van der Waals surface area contributed by atoms with Gasteiger partial charge in [0.25, 0.3) is 5.91 Å². The molecule has 0 unspecified atom stereocenters. The van der Waals surface area contributed by atoms with Crippen LogP contribution < -0.4 is 5.43 Å². The fourth-order valence-electron chi connectivity index (χ4n) is 2.16. The lowest BCUT2D eigenvalue weighted by Gasteiger charge is -2.02. The van der Waals surface area contributed by atoms with Crippen molar-refractivity contribution in [2.24, 2.45) is 5.10 Å². The summed E-state index contributed by atoms with van der Waals surface area (Å²) in [4.78, 5) is 12.1. The smallest absolute Gasteiger partial charge is 0.268 e. The molecule has 3 aromatic rings. The summed E-state index contributed by atoms with van der Waals surface area (Å²) >= 11 is 9.30. The van der Waals surface area contributed by atoms with E-state index in [1.54, 1.807) is 29.1 Å². The number of nitrogens with zero attached hydrogens (tertiary/aromatic N) is 3. The standard InChI is InChI=1S/C18H14BrClN4O/c19-15-6-4-13(5-7-15)12-24-9-8-17(23-24)18(25)22-21-11-14-2-1-3-16(20)10-14/h1-11H,12H2,(H,22,25)/b21-11+. The number of carbonyl (C=O) groups is 1. The normalized spacial score (nSPS) is 11.0. The van der Waals surface area contributed by atoms with E-state index in [0.29, 0.717) is 17.3 Å². The molecular formula is C18H14BrClN4O. The third-order valence-corrected chi connectivity index (χ3v) is 4.12. The van der Waals surface area contributed by atoms with Crippen molar-refractivity contribution in [2.45, 2.75) is 6.54 Å². The van der Waals surface area contributed by atoms with E-state index in [4.69, 9.17) is 11.6 Å². The molecule has 1 heterocycles. The molecule has 0 aliphatic rings. The molecule has 5 nitrogen and oxygen atoms in total. The van der Waals surface area contributed by atoms with Crippen molar-refractivity contribution in [3.8, 4) is 0 Å². The molecule has 25 heavy (non-hydrogen) atoms. The maximum absolute atomic E-state index is 12.1. The summed E-state index contributed by atoms with van der Waals surface area (Å²) in [6.07, 6.45) is 3.29. The van der Waals surface area contributed by atoms with Gasteiger partial charge in [-0.25, -0.2) is 5.43 Å². The minimum absolute atomic E-state index is 0.306. The molecule has 1 aromatic heterocycles. The number of rotatable bonds is 5. The average Bonchev–Trinajstić information content (AvgIpc) is 3.06. The van der Waals surface area contributed by atoms with Gasteiger partial charge in [-0.05, 0) is 41.5 Å². The highest BCUT2D eigenvalue weighted by atomic mass is 79.9. The van der Waals surface area contributed by atoms with Crippen LogP contribution >= 0.6 is 27.5 Å². The Bertz CT molecular complexity index is 905. The van der Waals surface area contributed by atoms with Gasteiger partial charge in [0.15, 0.2) is 5.69 Å². The molecule has 1 amide bonds. The zero-order valence-electron chi connectivity index (χ0n) is 13.1. The highest BCUT2D eigenvalue weighted by Crippen LogP contribution is 2.11. The van der Waals surface area contributed by atoms with Crippen molar-refractivity contribution in [2.75, 3.05) is 0 Å². The molecule has 0 aliphatic heterocycles. The lowest BCUT2D eigenvalue weighted by Crippen LogP contribution is -2.18. The number of halogens is 2. The van der Waals surface area contributed by atoms with Crippen molar-refractivity contribution < 1.29 is 4.79 Å². The summed E-state index contributed by atoms with van der Waals surface area (Å²) in [5.41, 5.74) is 4.66. The highest BCUT2D eigenvalue weighted by molar-refractivity contribution is 9.10. The number of hydrogen-bond donors (Lipinski definition) is 1. The number of benzene rings is 2. The fraction of sp³-hybridized carbons (Fsp3) is 0.0556. The number of aromatic nitrogens is 2. The first-order valence-corrected chi connectivity index (χ1v) is 8.64. The van der Waals surface area contributed by atoms with E-state index in [1.165, 1.54) is 6.21 Å². The van der Waals surface area contributed by atoms with Crippen LogP contribution in [0.5, 0.6) is 0 Å². The van der Waals surface area contributed by atoms with Crippen molar-refractivity contribution in [1.29, 1.82) is 0 Å². The second kappa shape index (κ2) is 8.09. The number of hydrogen-bond acceptors (Lipinski definition) is 3. The van der Waals surface area contributed by atoms with Crippen LogP contribution in [0.25, 0.3) is 0 Å². The van der Waals surface area contributed by atoms with Gasteiger partial charge in [-0.2, -0.15) is 10.2 Å². The quantitative estimate of drug-likeness (QED) is 0.502. The largest absolute Gasteiger partial charge is 0.291 e. The molecule has 0 radical (unpaired) electrons. The van der Waals surface area contributed by atoms with Crippen molar-refractivity contribution in [1.82, 2.24) is 15.2 Å². The lowest BCUT2D eigenvalue weighted by atomic mass is 10.2. The monoisotopic (exact) mass is 416 g/mol. The molecule has 1 N–H and O–H groups in total. The zero-order valence-corrected chi connectivity index (χ0v) is 15.4. The minimum Gasteiger partial charge on any atom is -0.268 e. The van der Waals surface area contributed by atoms with Crippen LogP contribution in [-0.4, -0.2) is 21.9 Å². The van der Waals surface area contributed by atoms with Crippen LogP contribution in [0.2, 0.25) is 5.02 Å². The van der Waals surface area contributed by atoms with E-state index in [1.807, 2.05) is 36.4 Å². The minimum atomic E-state index is -0.368. The van der Waals surface area contributed by atoms with Crippen LogP contribution in [0, 0.1) is 0 Å². The van der Waals surface area contributed by atoms with E-state index in [-0.39, 0.29) is 5.91 Å². The van der Waals surface area contributed by atoms with Crippen LogP contribution in [0.1, 0.15) is 21.6 Å². The van der Waals surface area contributed by atoms with Gasteiger partial charge in [0.05, 0.1) is 12.8 Å². The van der Waals surface area contributed by atoms with Crippen LogP contribution in [0.4, 0.5) is 0 Å². The Kier molecular flexibility index (Phi) is 5.63. The molecule has 3 rings (SSSR count). The lowest BCUT2D eigenvalue weighted by molar-refractivity contribution is 0.0949. The summed E-state index contributed by atoms with van der Waals surface area (Å²) < 4.78 is 2.73. The van der Waals surface area contributed by atoms with Crippen molar-refractivity contribution in [3.63, 3.8) is 0 Å². The predicted octanol–water partition coefficient (Wildman–Crippen LogP) is 4.11. The van der Waals surface area contributed by atoms with Crippen molar-refractivity contribution in [3.05, 3.63) is 87.1 Å². The molecule has 0 atom stereocenters. The third-order valence-electron chi connectivity index (χ3n) is 3.36. The molecule has 0 aliphatic carbocycles. The zero-order chi connectivity index (χ0) is 17.6. The summed E-state index contributed by atoms with van der Waals surface area (Å²) in [6.45, 7) is 0.590. The van der Waals surface area contributed by atoms with E-state index >= 15 is 0 Å². The van der Waals surface area contributed by atoms with E-state index in [2.05, 4.69) is 31.6 Å². The Hall–Kier alpha value is -2.44. The predicted molar refractivity (Wildman–Crippen MR) is 102 cm³/mol. The van der Waals surface area contributed by atoms with Gasteiger partial charge in [0.2, 0.25) is 0 Å². The van der Waals surface area contributed by atoms with E-state index in [9.17, 15) is 4.79 Å². The first kappa shape index (κ1) is 17.4. The number of carbonyl (C=O) groups excluding carboxylic acids is 1. The molecular weight excluding hydrogens is 404 g/mol. The molecule has 2 aromatic carbocycles. The van der Waals surface area contributed by atoms with Crippen LogP contribution in [0.15, 0.2) is 70.4 Å². The van der Waals surface area contributed by atoms with Gasteiger partial charge in [0.1, 0.15) is 0 Å². The summed E-state index contributed by atoms with van der Waals surface area (Å²) in [7, 11) is 0. The van der Waals surface area contributed by atoms with Gasteiger partial charge in [0, 0.05) is 15.7 Å². The Balaban J connectivity index is 1.59. The van der Waals surface area contributed by atoms with Gasteiger partial charge < -0.3 is 0 Å². The summed E-state index contributed by atoms with van der Waals surface area (Å²) in [6, 6.07) is 16.8. The van der Waals surface area contributed by atoms with Crippen molar-refractivity contribution >= 4 is 39.7 Å². The molecule has 0 fully saturated rings. The Morgan fingerprint density at radius 2 is 2.04 bits per heavy atom. The third kappa shape index (κ3) is 5.01. The van der Waals surface area contributed by atoms with Gasteiger partial charge in [-0.1, -0.05) is 51.8 Å².